The van der Waals surface area contributed by atoms with E-state index in [1.807, 2.05) is 0 Å². The third kappa shape index (κ3) is 6.00. The summed E-state index contributed by atoms with van der Waals surface area (Å²) in [4.78, 5) is 33.8. The lowest BCUT2D eigenvalue weighted by molar-refractivity contribution is -0.127. The molecule has 37 heavy (non-hydrogen) atoms. The van der Waals surface area contributed by atoms with Gasteiger partial charge in [-0.05, 0) is 37.3 Å². The Kier molecular flexibility index (Phi) is 7.92. The maximum absolute atomic E-state index is 14.8. The van der Waals surface area contributed by atoms with Crippen LogP contribution in [-0.2, 0) is 22.8 Å². The second-order valence-corrected chi connectivity index (χ2v) is 8.63. The molecule has 2 aromatic carbocycles. The quantitative estimate of drug-likeness (QED) is 0.404. The van der Waals surface area contributed by atoms with Crippen LogP contribution in [-0.4, -0.2) is 47.6 Å². The molecule has 9 nitrogen and oxygen atoms in total. The van der Waals surface area contributed by atoms with E-state index < -0.39 is 29.8 Å². The maximum Gasteiger partial charge on any atom is 0.255 e. The highest BCUT2D eigenvalue weighted by molar-refractivity contribution is 5.99. The minimum atomic E-state index is -1.29. The summed E-state index contributed by atoms with van der Waals surface area (Å²) in [7, 11) is 1.49. The molecule has 1 atom stereocenters. The van der Waals surface area contributed by atoms with Crippen LogP contribution in [0.15, 0.2) is 48.8 Å². The highest BCUT2D eigenvalue weighted by atomic mass is 19.1. The van der Waals surface area contributed by atoms with Crippen molar-refractivity contribution in [3.8, 4) is 5.75 Å². The Balaban J connectivity index is 1.41. The van der Waals surface area contributed by atoms with Crippen LogP contribution < -0.4 is 20.7 Å². The van der Waals surface area contributed by atoms with Crippen molar-refractivity contribution < 1.29 is 27.8 Å². The van der Waals surface area contributed by atoms with Crippen molar-refractivity contribution in [2.24, 2.45) is 0 Å². The normalized spacial score (nSPS) is 16.8. The molecular formula is C26H27F2N5O4. The third-order valence-electron chi connectivity index (χ3n) is 6.08. The summed E-state index contributed by atoms with van der Waals surface area (Å²) in [6, 6.07) is 9.31. The molecule has 11 heteroatoms. The summed E-state index contributed by atoms with van der Waals surface area (Å²) >= 11 is 0. The molecular weight excluding hydrogens is 484 g/mol. The molecule has 0 spiro atoms. The molecule has 0 aliphatic carbocycles. The van der Waals surface area contributed by atoms with Crippen LogP contribution in [0.25, 0.3) is 0 Å². The van der Waals surface area contributed by atoms with Gasteiger partial charge in [0, 0.05) is 54.5 Å². The van der Waals surface area contributed by atoms with Gasteiger partial charge in [-0.2, -0.15) is 0 Å². The number of hydrogen-bond acceptors (Lipinski definition) is 7. The number of methoxy groups -OCH3 is 1. The molecule has 194 valence electrons. The van der Waals surface area contributed by atoms with Crippen LogP contribution in [0, 0.1) is 12.7 Å². The number of nitrogens with one attached hydrogen (secondary N) is 3. The molecule has 1 aromatic heterocycles. The van der Waals surface area contributed by atoms with Gasteiger partial charge in [-0.3, -0.25) is 9.59 Å². The number of benzene rings is 2. The van der Waals surface area contributed by atoms with E-state index in [1.165, 1.54) is 31.6 Å². The lowest BCUT2D eigenvalue weighted by atomic mass is 9.96. The molecule has 3 aromatic rings. The van der Waals surface area contributed by atoms with Gasteiger partial charge in [-0.15, -0.1) is 0 Å². The number of anilines is 2. The van der Waals surface area contributed by atoms with Crippen molar-refractivity contribution in [2.75, 3.05) is 25.6 Å². The number of nitrogens with zero attached hydrogens (tertiary/aromatic N) is 2. The Morgan fingerprint density at radius 2 is 1.92 bits per heavy atom. The Hall–Kier alpha value is -4.12. The number of halogens is 2. The zero-order valence-electron chi connectivity index (χ0n) is 20.4. The number of aromatic nitrogens is 2. The number of carbonyl (C=O) groups is 2. The Morgan fingerprint density at radius 1 is 1.14 bits per heavy atom. The number of carbonyl (C=O) groups excluding carboxylic acids is 2. The zero-order valence-corrected chi connectivity index (χ0v) is 20.4. The van der Waals surface area contributed by atoms with E-state index in [-0.39, 0.29) is 30.7 Å². The van der Waals surface area contributed by atoms with Crippen LogP contribution in [0.3, 0.4) is 0 Å². The summed E-state index contributed by atoms with van der Waals surface area (Å²) < 4.78 is 38.8. The second kappa shape index (κ2) is 11.3. The van der Waals surface area contributed by atoms with Gasteiger partial charge >= 0.3 is 0 Å². The van der Waals surface area contributed by atoms with Crippen LogP contribution in [0.4, 0.5) is 20.2 Å². The van der Waals surface area contributed by atoms with Gasteiger partial charge in [-0.25, -0.2) is 18.7 Å². The molecule has 3 N–H and O–H groups in total. The van der Waals surface area contributed by atoms with Crippen LogP contribution in [0.2, 0.25) is 0 Å². The predicted molar refractivity (Wildman–Crippen MR) is 132 cm³/mol. The van der Waals surface area contributed by atoms with Gasteiger partial charge in [0.05, 0.1) is 19.3 Å². The number of alkyl halides is 1. The average molecular weight is 512 g/mol. The topological polar surface area (TPSA) is 114 Å². The summed E-state index contributed by atoms with van der Waals surface area (Å²) in [6.07, 6.45) is 3.03. The van der Waals surface area contributed by atoms with Crippen molar-refractivity contribution in [3.63, 3.8) is 0 Å². The SMILES string of the molecule is COc1ccc(Nc2ccc(CNC(=O)[C@]3(NC(=O)c4cnc(C)nc4)CCOC3)c(F)c2)c(CF)c1. The Bertz CT molecular complexity index is 1280. The smallest absolute Gasteiger partial charge is 0.255 e. The van der Waals surface area contributed by atoms with Gasteiger partial charge in [0.25, 0.3) is 5.91 Å². The zero-order chi connectivity index (χ0) is 26.4. The first-order chi connectivity index (χ1) is 17.8. The first-order valence-corrected chi connectivity index (χ1v) is 11.6. The van der Waals surface area contributed by atoms with Crippen LogP contribution in [0.1, 0.15) is 33.7 Å². The van der Waals surface area contributed by atoms with E-state index in [0.717, 1.165) is 0 Å². The van der Waals surface area contributed by atoms with Crippen molar-refractivity contribution in [3.05, 3.63) is 77.1 Å². The third-order valence-corrected chi connectivity index (χ3v) is 6.08. The van der Waals surface area contributed by atoms with Gasteiger partial charge in [-0.1, -0.05) is 6.07 Å². The van der Waals surface area contributed by atoms with E-state index in [2.05, 4.69) is 25.9 Å². The molecule has 1 saturated heterocycles. The fourth-order valence-corrected chi connectivity index (χ4v) is 3.90. The summed E-state index contributed by atoms with van der Waals surface area (Å²) in [5, 5.41) is 8.44. The molecule has 1 aliphatic rings. The molecule has 0 unspecified atom stereocenters. The highest BCUT2D eigenvalue weighted by Gasteiger charge is 2.43. The standard InChI is InChI=1S/C26H27F2N5O4/c1-16-29-13-19(14-30-16)24(34)33-26(7-8-37-15-26)25(35)31-12-17-3-4-20(10-22(17)28)32-23-6-5-21(36-2)9-18(23)11-27/h3-6,9-10,13-14,32H,7-8,11-12,15H2,1-2H3,(H,31,35)(H,33,34)/t26-/m0/s1. The van der Waals surface area contributed by atoms with E-state index in [0.29, 0.717) is 35.1 Å². The van der Waals surface area contributed by atoms with Crippen molar-refractivity contribution in [2.45, 2.75) is 32.1 Å². The fraction of sp³-hybridized carbons (Fsp3) is 0.308. The molecule has 1 aliphatic heterocycles. The maximum atomic E-state index is 14.8. The van der Waals surface area contributed by atoms with E-state index in [4.69, 9.17) is 9.47 Å². The van der Waals surface area contributed by atoms with Gasteiger partial charge in [0.2, 0.25) is 5.91 Å². The second-order valence-electron chi connectivity index (χ2n) is 8.63. The predicted octanol–water partition coefficient (Wildman–Crippen LogP) is 3.35. The van der Waals surface area contributed by atoms with E-state index >= 15 is 0 Å². The summed E-state index contributed by atoms with van der Waals surface area (Å²) in [6.45, 7) is 1.16. The van der Waals surface area contributed by atoms with E-state index in [9.17, 15) is 18.4 Å². The lowest BCUT2D eigenvalue weighted by Crippen LogP contribution is -2.59. The Labute approximate surface area is 212 Å². The first-order valence-electron chi connectivity index (χ1n) is 11.6. The summed E-state index contributed by atoms with van der Waals surface area (Å²) in [5.74, 6) is -0.516. The van der Waals surface area contributed by atoms with Crippen molar-refractivity contribution in [1.82, 2.24) is 20.6 Å². The number of rotatable bonds is 9. The highest BCUT2D eigenvalue weighted by Crippen LogP contribution is 2.27. The van der Waals surface area contributed by atoms with Crippen LogP contribution in [0.5, 0.6) is 5.75 Å². The minimum Gasteiger partial charge on any atom is -0.497 e. The van der Waals surface area contributed by atoms with E-state index in [1.54, 1.807) is 31.2 Å². The number of hydrogen-bond donors (Lipinski definition) is 3. The monoisotopic (exact) mass is 511 g/mol. The van der Waals surface area contributed by atoms with Gasteiger partial charge in [0.15, 0.2) is 0 Å². The average Bonchev–Trinajstić information content (AvgIpc) is 3.38. The first kappa shape index (κ1) is 26.0. The van der Waals surface area contributed by atoms with Crippen molar-refractivity contribution in [1.29, 1.82) is 0 Å². The molecule has 0 saturated carbocycles. The molecule has 2 heterocycles. The minimum absolute atomic E-state index is 0.0125. The number of amides is 2. The largest absolute Gasteiger partial charge is 0.497 e. The molecule has 2 amide bonds. The summed E-state index contributed by atoms with van der Waals surface area (Å²) in [5.41, 5.74) is 0.442. The lowest BCUT2D eigenvalue weighted by Gasteiger charge is -2.27. The molecule has 0 radical (unpaired) electrons. The Morgan fingerprint density at radius 3 is 2.57 bits per heavy atom. The molecule has 1 fully saturated rings. The fourth-order valence-electron chi connectivity index (χ4n) is 3.90. The molecule has 0 bridgehead atoms. The van der Waals surface area contributed by atoms with Gasteiger partial charge in [0.1, 0.15) is 29.6 Å². The van der Waals surface area contributed by atoms with Crippen LogP contribution >= 0.6 is 0 Å². The van der Waals surface area contributed by atoms with Gasteiger partial charge < -0.3 is 25.4 Å². The molecule has 4 rings (SSSR count). The number of ether oxygens (including phenoxy) is 2. The van der Waals surface area contributed by atoms with Crippen molar-refractivity contribution >= 4 is 23.2 Å². The number of aryl methyl sites for hydroxylation is 1.